The van der Waals surface area contributed by atoms with Crippen LogP contribution >= 0.6 is 0 Å². The maximum absolute atomic E-state index is 14.5. The molecule has 0 unspecified atom stereocenters. The molecular formula is C12H5F15O. The van der Waals surface area contributed by atoms with Gasteiger partial charge in [-0.25, -0.2) is 39.5 Å². The quantitative estimate of drug-likeness (QED) is 0.560. The minimum atomic E-state index is -7.73. The van der Waals surface area contributed by atoms with Gasteiger partial charge in [0, 0.05) is 7.11 Å². The molecule has 4 aliphatic carbocycles. The fourth-order valence-corrected chi connectivity index (χ4v) is 4.45. The predicted molar refractivity (Wildman–Crippen MR) is 55.5 cm³/mol. The Balaban J connectivity index is 2.71. The maximum atomic E-state index is 14.5. The van der Waals surface area contributed by atoms with Crippen LogP contribution in [0.2, 0.25) is 0 Å². The second kappa shape index (κ2) is 4.33. The first-order valence-electron chi connectivity index (χ1n) is 6.89. The fourth-order valence-electron chi connectivity index (χ4n) is 4.45. The van der Waals surface area contributed by atoms with E-state index in [1.54, 1.807) is 0 Å². The minimum Gasteiger partial charge on any atom is -0.383 e. The Kier molecular flexibility index (Phi) is 3.35. The van der Waals surface area contributed by atoms with Crippen LogP contribution in [0.4, 0.5) is 65.9 Å². The highest BCUT2D eigenvalue weighted by molar-refractivity contribution is 5.52. The monoisotopic (exact) mass is 450 g/mol. The molecule has 0 heterocycles. The lowest BCUT2D eigenvalue weighted by Gasteiger charge is -2.75. The summed E-state index contributed by atoms with van der Waals surface area (Å²) in [5, 5.41) is 0. The van der Waals surface area contributed by atoms with Gasteiger partial charge in [0.2, 0.25) is 0 Å². The molecule has 4 saturated carbocycles. The van der Waals surface area contributed by atoms with E-state index in [4.69, 9.17) is 0 Å². The van der Waals surface area contributed by atoms with Crippen molar-refractivity contribution < 1.29 is 70.6 Å². The van der Waals surface area contributed by atoms with Gasteiger partial charge in [0.25, 0.3) is 0 Å². The number of methoxy groups -OCH3 is 1. The summed E-state index contributed by atoms with van der Waals surface area (Å²) in [4.78, 5) is 0. The molecule has 0 aromatic rings. The van der Waals surface area contributed by atoms with Gasteiger partial charge in [0.15, 0.2) is 5.41 Å². The Labute approximate surface area is 143 Å². The molecule has 0 aromatic heterocycles. The van der Waals surface area contributed by atoms with Gasteiger partial charge < -0.3 is 4.74 Å². The summed E-state index contributed by atoms with van der Waals surface area (Å²) < 4.78 is 217. The van der Waals surface area contributed by atoms with E-state index < -0.39 is 64.6 Å². The Morgan fingerprint density at radius 1 is 0.429 bits per heavy atom. The van der Waals surface area contributed by atoms with Crippen molar-refractivity contribution in [1.82, 2.24) is 0 Å². The third-order valence-corrected chi connectivity index (χ3v) is 5.86. The van der Waals surface area contributed by atoms with Gasteiger partial charge >= 0.3 is 52.5 Å². The normalized spacial score (nSPS) is 50.6. The van der Waals surface area contributed by atoms with E-state index in [2.05, 4.69) is 4.74 Å². The van der Waals surface area contributed by atoms with E-state index in [9.17, 15) is 65.9 Å². The Bertz CT molecular complexity index is 628. The van der Waals surface area contributed by atoms with Gasteiger partial charge in [-0.1, -0.05) is 0 Å². The molecule has 4 bridgehead atoms. The average molecular weight is 450 g/mol. The molecule has 0 aromatic carbocycles. The first-order valence-corrected chi connectivity index (χ1v) is 6.89. The van der Waals surface area contributed by atoms with Gasteiger partial charge in [0.1, 0.15) is 0 Å². The molecule has 0 atom stereocenters. The highest BCUT2D eigenvalue weighted by Gasteiger charge is 3.22. The number of ether oxygens (including phenoxy) is 1. The fraction of sp³-hybridized carbons (Fsp3) is 1.00. The molecule has 28 heavy (non-hydrogen) atoms. The summed E-state index contributed by atoms with van der Waals surface area (Å²) in [5.74, 6) is -45.3. The number of rotatable bonds is 2. The van der Waals surface area contributed by atoms with Crippen LogP contribution in [0, 0.1) is 5.41 Å². The van der Waals surface area contributed by atoms with Crippen LogP contribution in [0.25, 0.3) is 0 Å². The SMILES string of the molecule is COCC12C(F)(F)C3(F)C(F)(F)C(F)(C(F)(F)C(F)(C3(F)F)C1(F)F)C2(F)F. The number of hydrogen-bond acceptors (Lipinski definition) is 1. The van der Waals surface area contributed by atoms with Crippen LogP contribution in [-0.4, -0.2) is 66.3 Å². The largest absolute Gasteiger partial charge is 0.383 e. The van der Waals surface area contributed by atoms with Gasteiger partial charge in [0.05, 0.1) is 6.61 Å². The molecule has 0 amide bonds. The molecular weight excluding hydrogens is 445 g/mol. The zero-order valence-corrected chi connectivity index (χ0v) is 12.8. The summed E-state index contributed by atoms with van der Waals surface area (Å²) in [7, 11) is -0.00400. The second-order valence-electron chi connectivity index (χ2n) is 6.76. The van der Waals surface area contributed by atoms with Gasteiger partial charge in [-0.15, -0.1) is 0 Å². The highest BCUT2D eigenvalue weighted by atomic mass is 19.3. The minimum absolute atomic E-state index is 0.00400. The molecule has 4 fully saturated rings. The smallest absolute Gasteiger partial charge is 0.339 e. The van der Waals surface area contributed by atoms with Crippen molar-refractivity contribution >= 4 is 0 Å². The van der Waals surface area contributed by atoms with Crippen LogP contribution < -0.4 is 0 Å². The Hall–Kier alpha value is -1.09. The van der Waals surface area contributed by atoms with Crippen LogP contribution in [-0.2, 0) is 4.74 Å². The Morgan fingerprint density at radius 3 is 0.821 bits per heavy atom. The number of alkyl halides is 15. The first-order chi connectivity index (χ1) is 12.1. The lowest BCUT2D eigenvalue weighted by atomic mass is 9.36. The summed E-state index contributed by atoms with van der Waals surface area (Å²) in [6.45, 7) is -3.13. The van der Waals surface area contributed by atoms with Crippen LogP contribution in [0.3, 0.4) is 0 Å². The average Bonchev–Trinajstić information content (AvgIpc) is 2.52. The lowest BCUT2D eigenvalue weighted by Crippen LogP contribution is -3.08. The maximum Gasteiger partial charge on any atom is 0.339 e. The summed E-state index contributed by atoms with van der Waals surface area (Å²) in [6.07, 6.45) is 0. The van der Waals surface area contributed by atoms with Crippen molar-refractivity contribution in [3.63, 3.8) is 0 Å². The van der Waals surface area contributed by atoms with E-state index in [1.165, 1.54) is 0 Å². The van der Waals surface area contributed by atoms with Crippen molar-refractivity contribution in [2.24, 2.45) is 5.41 Å². The van der Waals surface area contributed by atoms with Crippen molar-refractivity contribution in [3.8, 4) is 0 Å². The molecule has 164 valence electrons. The standard InChI is InChI=1S/C12H5F15O/c1-28-2-3-7(16,17)4(13)10(22,23)5(14,8(3,18)19)12(26,27)6(15,9(3,20)21)11(4,24)25/h2H2,1H3. The second-order valence-corrected chi connectivity index (χ2v) is 6.76. The van der Waals surface area contributed by atoms with Gasteiger partial charge in [-0.2, -0.15) is 26.3 Å². The first kappa shape index (κ1) is 21.6. The lowest BCUT2D eigenvalue weighted by molar-refractivity contribution is -0.614. The summed E-state index contributed by atoms with van der Waals surface area (Å²) >= 11 is 0. The molecule has 0 saturated heterocycles. The molecule has 1 nitrogen and oxygen atoms in total. The van der Waals surface area contributed by atoms with Crippen molar-refractivity contribution in [1.29, 1.82) is 0 Å². The molecule has 0 aliphatic heterocycles. The van der Waals surface area contributed by atoms with Crippen molar-refractivity contribution in [2.75, 3.05) is 13.7 Å². The predicted octanol–water partition coefficient (Wildman–Crippen LogP) is 4.60. The van der Waals surface area contributed by atoms with E-state index >= 15 is 0 Å². The van der Waals surface area contributed by atoms with Crippen molar-refractivity contribution in [2.45, 2.75) is 52.5 Å². The number of hydrogen-bond donors (Lipinski definition) is 0. The zero-order chi connectivity index (χ0) is 22.4. The van der Waals surface area contributed by atoms with E-state index in [0.717, 1.165) is 0 Å². The third-order valence-electron chi connectivity index (χ3n) is 5.86. The van der Waals surface area contributed by atoms with Crippen molar-refractivity contribution in [3.05, 3.63) is 0 Å². The molecule has 0 spiro atoms. The third kappa shape index (κ3) is 1.16. The highest BCUT2D eigenvalue weighted by Crippen LogP contribution is 2.90. The molecule has 0 N–H and O–H groups in total. The molecule has 4 aliphatic rings. The van der Waals surface area contributed by atoms with E-state index in [-0.39, 0.29) is 7.11 Å². The van der Waals surface area contributed by atoms with E-state index in [1.807, 2.05) is 0 Å². The summed E-state index contributed by atoms with van der Waals surface area (Å²) in [5.41, 5.74) is -29.1. The van der Waals surface area contributed by atoms with Crippen LogP contribution in [0.1, 0.15) is 0 Å². The van der Waals surface area contributed by atoms with Gasteiger partial charge in [-0.3, -0.25) is 0 Å². The summed E-state index contributed by atoms with van der Waals surface area (Å²) in [6, 6.07) is 0. The van der Waals surface area contributed by atoms with Crippen LogP contribution in [0.5, 0.6) is 0 Å². The molecule has 4 rings (SSSR count). The molecule has 0 radical (unpaired) electrons. The molecule has 16 heteroatoms. The van der Waals surface area contributed by atoms with E-state index in [0.29, 0.717) is 0 Å². The topological polar surface area (TPSA) is 9.23 Å². The number of halogens is 15. The zero-order valence-electron chi connectivity index (χ0n) is 12.8. The van der Waals surface area contributed by atoms with Gasteiger partial charge in [-0.05, 0) is 0 Å². The Morgan fingerprint density at radius 2 is 0.643 bits per heavy atom. The van der Waals surface area contributed by atoms with Crippen LogP contribution in [0.15, 0.2) is 0 Å².